The number of hydrogen-bond acceptors (Lipinski definition) is 0. The first-order chi connectivity index (χ1) is 15.8. The second-order valence-corrected chi connectivity index (χ2v) is 10.2. The van der Waals surface area contributed by atoms with Crippen molar-refractivity contribution in [3.8, 4) is 0 Å². The van der Waals surface area contributed by atoms with E-state index in [1.165, 1.54) is 154 Å². The summed E-state index contributed by atoms with van der Waals surface area (Å²) in [5, 5.41) is 0. The Morgan fingerprint density at radius 2 is 0.969 bits per heavy atom. The van der Waals surface area contributed by atoms with Crippen LogP contribution in [-0.2, 0) is 19.5 Å². The van der Waals surface area contributed by atoms with Crippen LogP contribution in [-0.4, -0.2) is 4.57 Å². The van der Waals surface area contributed by atoms with E-state index in [2.05, 4.69) is 42.3 Å². The molecule has 0 aliphatic carbocycles. The van der Waals surface area contributed by atoms with Gasteiger partial charge in [0.1, 0.15) is 12.4 Å². The summed E-state index contributed by atoms with van der Waals surface area (Å²) in [6.07, 6.45) is 35.7. The zero-order valence-corrected chi connectivity index (χ0v) is 22.5. The molecule has 0 unspecified atom stereocenters. The lowest BCUT2D eigenvalue weighted by atomic mass is 10.0. The second-order valence-electron chi connectivity index (χ2n) is 10.2. The summed E-state index contributed by atoms with van der Waals surface area (Å²) in [7, 11) is 0. The fourth-order valence-electron chi connectivity index (χ4n) is 4.86. The minimum atomic E-state index is 1.20. The van der Waals surface area contributed by atoms with Crippen LogP contribution in [0.3, 0.4) is 0 Å². The van der Waals surface area contributed by atoms with Crippen molar-refractivity contribution in [2.45, 2.75) is 175 Å². The van der Waals surface area contributed by atoms with Gasteiger partial charge in [-0.05, 0) is 19.3 Å². The largest absolute Gasteiger partial charge is 0.256 e. The monoisotopic (exact) mass is 447 g/mol. The normalized spacial score (nSPS) is 11.5. The standard InChI is InChI=1S/C30H59N2/c1-4-7-10-11-12-13-14-15-16-17-18-19-20-21-22-23-24-25-30-31(26-8-5-2)28-29-32(30)27-9-6-3/h28-29H,4-27H2,1-3H3/q+1. The van der Waals surface area contributed by atoms with E-state index in [0.717, 1.165) is 0 Å². The molecule has 2 nitrogen and oxygen atoms in total. The van der Waals surface area contributed by atoms with Gasteiger partial charge in [-0.15, -0.1) is 0 Å². The van der Waals surface area contributed by atoms with E-state index in [0.29, 0.717) is 0 Å². The highest BCUT2D eigenvalue weighted by Crippen LogP contribution is 2.14. The molecule has 1 heterocycles. The average molecular weight is 448 g/mol. The van der Waals surface area contributed by atoms with Crippen LogP contribution < -0.4 is 4.57 Å². The Labute approximate surface area is 202 Å². The van der Waals surface area contributed by atoms with Crippen LogP contribution in [0.2, 0.25) is 0 Å². The fourth-order valence-corrected chi connectivity index (χ4v) is 4.86. The number of nitrogens with zero attached hydrogens (tertiary/aromatic N) is 2. The molecular formula is C30H59N2+. The highest BCUT2D eigenvalue weighted by molar-refractivity contribution is 4.84. The maximum absolute atomic E-state index is 2.53. The Hall–Kier alpha value is -0.790. The Balaban J connectivity index is 1.98. The first kappa shape index (κ1) is 29.2. The van der Waals surface area contributed by atoms with E-state index in [-0.39, 0.29) is 0 Å². The Morgan fingerprint density at radius 3 is 1.44 bits per heavy atom. The summed E-state index contributed by atoms with van der Waals surface area (Å²) in [5.74, 6) is 1.58. The number of imidazole rings is 1. The number of rotatable bonds is 24. The predicted molar refractivity (Wildman–Crippen MR) is 142 cm³/mol. The lowest BCUT2D eigenvalue weighted by molar-refractivity contribution is -0.704. The van der Waals surface area contributed by atoms with E-state index in [1.807, 2.05) is 0 Å². The zero-order valence-electron chi connectivity index (χ0n) is 22.5. The lowest BCUT2D eigenvalue weighted by Gasteiger charge is -2.06. The third-order valence-electron chi connectivity index (χ3n) is 7.10. The molecule has 1 aromatic rings. The Kier molecular flexibility index (Phi) is 20.1. The van der Waals surface area contributed by atoms with E-state index in [9.17, 15) is 0 Å². The van der Waals surface area contributed by atoms with Crippen LogP contribution in [0, 0.1) is 0 Å². The van der Waals surface area contributed by atoms with Crippen LogP contribution >= 0.6 is 0 Å². The molecule has 0 N–H and O–H groups in total. The highest BCUT2D eigenvalue weighted by atomic mass is 15.1. The molecule has 0 spiro atoms. The molecule has 1 rings (SSSR count). The molecule has 0 bridgehead atoms. The van der Waals surface area contributed by atoms with Gasteiger partial charge in [-0.25, -0.2) is 9.13 Å². The van der Waals surface area contributed by atoms with Gasteiger partial charge in [0, 0.05) is 6.42 Å². The van der Waals surface area contributed by atoms with Gasteiger partial charge in [-0.1, -0.05) is 136 Å². The predicted octanol–water partition coefficient (Wildman–Crippen LogP) is 9.57. The van der Waals surface area contributed by atoms with Crippen molar-refractivity contribution in [2.24, 2.45) is 0 Å². The van der Waals surface area contributed by atoms with Gasteiger partial charge in [0.05, 0.1) is 13.1 Å². The molecule has 0 aliphatic heterocycles. The third kappa shape index (κ3) is 15.1. The minimum absolute atomic E-state index is 1.20. The van der Waals surface area contributed by atoms with Gasteiger partial charge in [0.15, 0.2) is 0 Å². The molecule has 2 heteroatoms. The SMILES string of the molecule is CCCCCCCCCCCCCCCCCCCc1n(CCCC)cc[n+]1CCCC. The number of unbranched alkanes of at least 4 members (excludes halogenated alkanes) is 18. The van der Waals surface area contributed by atoms with Crippen LogP contribution in [0.1, 0.15) is 161 Å². The molecule has 1 aromatic heterocycles. The molecule has 0 radical (unpaired) electrons. The lowest BCUT2D eigenvalue weighted by Crippen LogP contribution is -2.37. The van der Waals surface area contributed by atoms with E-state index < -0.39 is 0 Å². The smallest absolute Gasteiger partial charge is 0.234 e. The minimum Gasteiger partial charge on any atom is -0.234 e. The van der Waals surface area contributed by atoms with Crippen molar-refractivity contribution < 1.29 is 4.57 Å². The highest BCUT2D eigenvalue weighted by Gasteiger charge is 2.15. The molecule has 0 aromatic carbocycles. The van der Waals surface area contributed by atoms with Crippen molar-refractivity contribution in [1.29, 1.82) is 0 Å². The quantitative estimate of drug-likeness (QED) is 0.110. The maximum Gasteiger partial charge on any atom is 0.256 e. The average Bonchev–Trinajstić information content (AvgIpc) is 3.19. The van der Waals surface area contributed by atoms with Crippen LogP contribution in [0.15, 0.2) is 12.4 Å². The molecule has 0 aliphatic rings. The molecule has 188 valence electrons. The second kappa shape index (κ2) is 22.0. The number of hydrogen-bond donors (Lipinski definition) is 0. The molecular weight excluding hydrogens is 388 g/mol. The van der Waals surface area contributed by atoms with Gasteiger partial charge in [0.2, 0.25) is 0 Å². The molecule has 0 fully saturated rings. The van der Waals surface area contributed by atoms with Crippen LogP contribution in [0.25, 0.3) is 0 Å². The van der Waals surface area contributed by atoms with Crippen molar-refractivity contribution in [3.05, 3.63) is 18.2 Å². The van der Waals surface area contributed by atoms with E-state index >= 15 is 0 Å². The number of aryl methyl sites for hydroxylation is 2. The van der Waals surface area contributed by atoms with Crippen molar-refractivity contribution in [2.75, 3.05) is 0 Å². The topological polar surface area (TPSA) is 8.81 Å². The molecule has 0 saturated heterocycles. The van der Waals surface area contributed by atoms with Gasteiger partial charge in [-0.3, -0.25) is 0 Å². The zero-order chi connectivity index (χ0) is 23.1. The van der Waals surface area contributed by atoms with E-state index in [4.69, 9.17) is 0 Å². The van der Waals surface area contributed by atoms with Crippen LogP contribution in [0.4, 0.5) is 0 Å². The van der Waals surface area contributed by atoms with Gasteiger partial charge < -0.3 is 0 Å². The third-order valence-corrected chi connectivity index (χ3v) is 7.10. The van der Waals surface area contributed by atoms with Crippen molar-refractivity contribution in [1.82, 2.24) is 4.57 Å². The van der Waals surface area contributed by atoms with Gasteiger partial charge in [-0.2, -0.15) is 0 Å². The first-order valence-electron chi connectivity index (χ1n) is 14.9. The molecule has 32 heavy (non-hydrogen) atoms. The maximum atomic E-state index is 2.53. The Bertz CT molecular complexity index is 479. The van der Waals surface area contributed by atoms with Crippen molar-refractivity contribution in [3.63, 3.8) is 0 Å². The van der Waals surface area contributed by atoms with Crippen molar-refractivity contribution >= 4 is 0 Å². The molecule has 0 atom stereocenters. The molecule has 0 saturated carbocycles. The Morgan fingerprint density at radius 1 is 0.531 bits per heavy atom. The summed E-state index contributed by atoms with van der Waals surface area (Å²) >= 11 is 0. The summed E-state index contributed by atoms with van der Waals surface area (Å²) in [6, 6.07) is 0. The summed E-state index contributed by atoms with van der Waals surface area (Å²) in [4.78, 5) is 0. The van der Waals surface area contributed by atoms with Gasteiger partial charge >= 0.3 is 0 Å². The van der Waals surface area contributed by atoms with E-state index in [1.54, 1.807) is 5.82 Å². The summed E-state index contributed by atoms with van der Waals surface area (Å²) in [6.45, 7) is 9.29. The fraction of sp³-hybridized carbons (Fsp3) is 0.900. The summed E-state index contributed by atoms with van der Waals surface area (Å²) < 4.78 is 5.07. The number of aromatic nitrogens is 2. The first-order valence-corrected chi connectivity index (χ1v) is 14.9. The van der Waals surface area contributed by atoms with Gasteiger partial charge in [0.25, 0.3) is 5.82 Å². The summed E-state index contributed by atoms with van der Waals surface area (Å²) in [5.41, 5.74) is 0. The molecule has 0 amide bonds. The van der Waals surface area contributed by atoms with Crippen LogP contribution in [0.5, 0.6) is 0 Å².